The highest BCUT2D eigenvalue weighted by Gasteiger charge is 2.24. The van der Waals surface area contributed by atoms with Crippen LogP contribution in [0.25, 0.3) is 10.2 Å². The maximum atomic E-state index is 11.4. The Morgan fingerprint density at radius 2 is 2.24 bits per heavy atom. The second-order valence-electron chi connectivity index (χ2n) is 5.37. The van der Waals surface area contributed by atoms with Crippen molar-refractivity contribution in [3.63, 3.8) is 0 Å². The molecular formula is C15H17N3OS2. The Morgan fingerprint density at radius 1 is 1.43 bits per heavy atom. The van der Waals surface area contributed by atoms with Crippen LogP contribution in [0.5, 0.6) is 0 Å². The minimum atomic E-state index is -0.199. The molecule has 1 aromatic heterocycles. The highest BCUT2D eigenvalue weighted by Crippen LogP contribution is 2.31. The third kappa shape index (κ3) is 3.11. The van der Waals surface area contributed by atoms with E-state index in [1.165, 1.54) is 0 Å². The Morgan fingerprint density at radius 3 is 2.90 bits per heavy atom. The third-order valence-corrected chi connectivity index (χ3v) is 5.36. The number of benzene rings is 1. The first kappa shape index (κ1) is 14.5. The van der Waals surface area contributed by atoms with Crippen molar-refractivity contribution in [2.45, 2.75) is 32.9 Å². The number of aromatic nitrogens is 1. The Labute approximate surface area is 132 Å². The minimum absolute atomic E-state index is 0.127. The largest absolute Gasteiger partial charge is 0.383 e. The standard InChI is InChI=1S/C15H17N3OS2/c1-8(2)16-10-4-5-11-13(6-10)21-15(17-11)14-18-12(7-20-14)9(3)19/h4-6,8,12,16H,7H2,1-3H3. The highest BCUT2D eigenvalue weighted by molar-refractivity contribution is 8.15. The van der Waals surface area contributed by atoms with Gasteiger partial charge in [-0.15, -0.1) is 23.1 Å². The van der Waals surface area contributed by atoms with E-state index in [0.29, 0.717) is 6.04 Å². The van der Waals surface area contributed by atoms with Gasteiger partial charge in [-0.3, -0.25) is 9.79 Å². The smallest absolute Gasteiger partial charge is 0.155 e. The van der Waals surface area contributed by atoms with E-state index in [1.807, 2.05) is 12.1 Å². The summed E-state index contributed by atoms with van der Waals surface area (Å²) in [6.45, 7) is 5.84. The molecule has 2 heterocycles. The van der Waals surface area contributed by atoms with Crippen molar-refractivity contribution in [3.05, 3.63) is 23.2 Å². The van der Waals surface area contributed by atoms with Gasteiger partial charge in [0.1, 0.15) is 16.1 Å². The number of thiazole rings is 1. The SMILES string of the molecule is CC(=O)C1CSC(c2nc3ccc(NC(C)C)cc3s2)=N1. The molecule has 0 amide bonds. The van der Waals surface area contributed by atoms with Crippen molar-refractivity contribution < 1.29 is 4.79 Å². The Balaban J connectivity index is 1.91. The summed E-state index contributed by atoms with van der Waals surface area (Å²) in [5.41, 5.74) is 2.09. The van der Waals surface area contributed by atoms with Gasteiger partial charge in [0.2, 0.25) is 0 Å². The average Bonchev–Trinajstić information content (AvgIpc) is 3.03. The van der Waals surface area contributed by atoms with Crippen LogP contribution in [0.1, 0.15) is 25.8 Å². The Bertz CT molecular complexity index is 721. The van der Waals surface area contributed by atoms with Crippen molar-refractivity contribution in [1.29, 1.82) is 0 Å². The third-order valence-electron chi connectivity index (χ3n) is 3.15. The van der Waals surface area contributed by atoms with E-state index in [4.69, 9.17) is 0 Å². The molecule has 0 spiro atoms. The van der Waals surface area contributed by atoms with Gasteiger partial charge in [0.15, 0.2) is 5.78 Å². The van der Waals surface area contributed by atoms with Crippen LogP contribution < -0.4 is 5.32 Å². The Hall–Kier alpha value is -1.40. The molecule has 0 bridgehead atoms. The van der Waals surface area contributed by atoms with Crippen molar-refractivity contribution in [2.24, 2.45) is 4.99 Å². The van der Waals surface area contributed by atoms with E-state index in [-0.39, 0.29) is 11.8 Å². The summed E-state index contributed by atoms with van der Waals surface area (Å²) >= 11 is 3.26. The van der Waals surface area contributed by atoms with E-state index in [1.54, 1.807) is 30.0 Å². The maximum absolute atomic E-state index is 11.4. The van der Waals surface area contributed by atoms with E-state index < -0.39 is 0 Å². The van der Waals surface area contributed by atoms with Gasteiger partial charge in [0, 0.05) is 17.5 Å². The van der Waals surface area contributed by atoms with Crippen LogP contribution in [-0.2, 0) is 4.79 Å². The highest BCUT2D eigenvalue weighted by atomic mass is 32.2. The first-order valence-electron chi connectivity index (χ1n) is 6.91. The average molecular weight is 319 g/mol. The topological polar surface area (TPSA) is 54.4 Å². The van der Waals surface area contributed by atoms with Gasteiger partial charge < -0.3 is 5.32 Å². The lowest BCUT2D eigenvalue weighted by atomic mass is 10.2. The molecule has 110 valence electrons. The first-order chi connectivity index (χ1) is 10.0. The summed E-state index contributed by atoms with van der Waals surface area (Å²) < 4.78 is 1.14. The van der Waals surface area contributed by atoms with Crippen molar-refractivity contribution in [1.82, 2.24) is 4.98 Å². The molecular weight excluding hydrogens is 302 g/mol. The monoisotopic (exact) mass is 319 g/mol. The maximum Gasteiger partial charge on any atom is 0.155 e. The molecule has 0 fully saturated rings. The molecule has 0 saturated heterocycles. The Kier molecular flexibility index (Phi) is 3.99. The number of Topliss-reactive ketones (excluding diaryl/α,β-unsaturated/α-hetero) is 1. The van der Waals surface area contributed by atoms with Gasteiger partial charge in [-0.1, -0.05) is 0 Å². The van der Waals surface area contributed by atoms with Gasteiger partial charge >= 0.3 is 0 Å². The van der Waals surface area contributed by atoms with Gasteiger partial charge in [-0.2, -0.15) is 0 Å². The van der Waals surface area contributed by atoms with Crippen molar-refractivity contribution in [2.75, 3.05) is 11.1 Å². The number of hydrogen-bond acceptors (Lipinski definition) is 6. The molecule has 3 rings (SSSR count). The van der Waals surface area contributed by atoms with Crippen LogP contribution in [-0.4, -0.2) is 33.6 Å². The molecule has 1 N–H and O–H groups in total. The van der Waals surface area contributed by atoms with Gasteiger partial charge in [-0.25, -0.2) is 4.98 Å². The fourth-order valence-electron chi connectivity index (χ4n) is 2.14. The number of thioether (sulfide) groups is 1. The first-order valence-corrected chi connectivity index (χ1v) is 8.71. The molecule has 4 nitrogen and oxygen atoms in total. The predicted octanol–water partition coefficient (Wildman–Crippen LogP) is 3.57. The fraction of sp³-hybridized carbons (Fsp3) is 0.400. The fourth-order valence-corrected chi connectivity index (χ4v) is 4.33. The number of carbonyl (C=O) groups excluding carboxylic acids is 1. The number of hydrogen-bond donors (Lipinski definition) is 1. The van der Waals surface area contributed by atoms with Crippen molar-refractivity contribution >= 4 is 49.8 Å². The number of rotatable bonds is 4. The van der Waals surface area contributed by atoms with Gasteiger partial charge in [0.25, 0.3) is 0 Å². The summed E-state index contributed by atoms with van der Waals surface area (Å²) in [6.07, 6.45) is 0. The van der Waals surface area contributed by atoms with Crippen LogP contribution in [0.15, 0.2) is 23.2 Å². The van der Waals surface area contributed by atoms with E-state index in [9.17, 15) is 4.79 Å². The summed E-state index contributed by atoms with van der Waals surface area (Å²) in [7, 11) is 0. The summed E-state index contributed by atoms with van der Waals surface area (Å²) in [5, 5.41) is 5.21. The lowest BCUT2D eigenvalue weighted by Gasteiger charge is -2.08. The van der Waals surface area contributed by atoms with Crippen LogP contribution >= 0.6 is 23.1 Å². The number of aliphatic imine (C=N–C) groups is 1. The summed E-state index contributed by atoms with van der Waals surface area (Å²) in [6, 6.07) is 6.41. The lowest BCUT2D eigenvalue weighted by molar-refractivity contribution is -0.117. The second-order valence-corrected chi connectivity index (χ2v) is 7.41. The van der Waals surface area contributed by atoms with Crippen molar-refractivity contribution in [3.8, 4) is 0 Å². The molecule has 1 atom stereocenters. The number of anilines is 1. The summed E-state index contributed by atoms with van der Waals surface area (Å²) in [5.74, 6) is 0.864. The molecule has 0 saturated carbocycles. The zero-order valence-electron chi connectivity index (χ0n) is 12.2. The molecule has 1 aliphatic rings. The summed E-state index contributed by atoms with van der Waals surface area (Å²) in [4.78, 5) is 20.5. The van der Waals surface area contributed by atoms with Gasteiger partial charge in [0.05, 0.1) is 10.2 Å². The minimum Gasteiger partial charge on any atom is -0.383 e. The molecule has 1 aliphatic heterocycles. The second kappa shape index (κ2) is 5.77. The molecule has 0 radical (unpaired) electrons. The number of nitrogens with zero attached hydrogens (tertiary/aromatic N) is 2. The zero-order chi connectivity index (χ0) is 15.0. The quantitative estimate of drug-likeness (QED) is 0.936. The lowest BCUT2D eigenvalue weighted by Crippen LogP contribution is -2.14. The number of carbonyl (C=O) groups is 1. The van der Waals surface area contributed by atoms with Crippen LogP contribution in [0.2, 0.25) is 0 Å². The van der Waals surface area contributed by atoms with Crippen LogP contribution in [0.4, 0.5) is 5.69 Å². The number of nitrogens with one attached hydrogen (secondary N) is 1. The van der Waals surface area contributed by atoms with Gasteiger partial charge in [-0.05, 0) is 39.0 Å². The molecule has 0 aliphatic carbocycles. The van der Waals surface area contributed by atoms with E-state index in [0.717, 1.165) is 31.7 Å². The van der Waals surface area contributed by atoms with E-state index >= 15 is 0 Å². The zero-order valence-corrected chi connectivity index (χ0v) is 13.8. The van der Waals surface area contributed by atoms with E-state index in [2.05, 4.69) is 35.2 Å². The molecule has 1 unspecified atom stereocenters. The molecule has 21 heavy (non-hydrogen) atoms. The molecule has 2 aromatic rings. The van der Waals surface area contributed by atoms with Crippen LogP contribution in [0.3, 0.4) is 0 Å². The predicted molar refractivity (Wildman–Crippen MR) is 91.8 cm³/mol. The number of ketones is 1. The number of fused-ring (bicyclic) bond motifs is 1. The normalized spacial score (nSPS) is 18.3. The molecule has 1 aromatic carbocycles. The molecule has 6 heteroatoms. The van der Waals surface area contributed by atoms with Crippen LogP contribution in [0, 0.1) is 0 Å².